The Morgan fingerprint density at radius 1 is 1.36 bits per heavy atom. The van der Waals surface area contributed by atoms with Gasteiger partial charge in [0, 0.05) is 6.07 Å². The Kier molecular flexibility index (Phi) is 2.89. The highest BCUT2D eigenvalue weighted by Crippen LogP contribution is 2.30. The van der Waals surface area contributed by atoms with Gasteiger partial charge in [-0.1, -0.05) is 0 Å². The van der Waals surface area contributed by atoms with E-state index >= 15 is 0 Å². The molecule has 0 N–H and O–H groups in total. The molecule has 1 aromatic carbocycles. The third kappa shape index (κ3) is 1.60. The predicted octanol–water partition coefficient (Wildman–Crippen LogP) is 2.08. The Labute approximate surface area is 76.8 Å². The molecule has 0 spiro atoms. The van der Waals surface area contributed by atoms with Crippen molar-refractivity contribution in [2.24, 2.45) is 4.99 Å². The predicted molar refractivity (Wildman–Crippen MR) is 40.6 cm³/mol. The SMILES string of the molecule is COc1c(F)cc(N=C=O)c(F)c1F. The van der Waals surface area contributed by atoms with Gasteiger partial charge in [0.1, 0.15) is 5.69 Å². The first kappa shape index (κ1) is 10.3. The van der Waals surface area contributed by atoms with Crippen LogP contribution in [0.25, 0.3) is 0 Å². The summed E-state index contributed by atoms with van der Waals surface area (Å²) in [6.07, 6.45) is 0.978. The van der Waals surface area contributed by atoms with E-state index in [2.05, 4.69) is 9.73 Å². The normalized spacial score (nSPS) is 9.43. The van der Waals surface area contributed by atoms with Crippen LogP contribution in [0.1, 0.15) is 0 Å². The second-order valence-corrected chi connectivity index (χ2v) is 2.24. The zero-order valence-corrected chi connectivity index (χ0v) is 6.97. The van der Waals surface area contributed by atoms with Gasteiger partial charge < -0.3 is 4.74 Å². The van der Waals surface area contributed by atoms with E-state index in [9.17, 15) is 18.0 Å². The van der Waals surface area contributed by atoms with Gasteiger partial charge in [0.2, 0.25) is 11.9 Å². The monoisotopic (exact) mass is 203 g/mol. The molecule has 14 heavy (non-hydrogen) atoms. The summed E-state index contributed by atoms with van der Waals surface area (Å²) in [5.41, 5.74) is -0.754. The first-order valence-electron chi connectivity index (χ1n) is 3.41. The molecule has 0 aromatic heterocycles. The summed E-state index contributed by atoms with van der Waals surface area (Å²) >= 11 is 0. The molecule has 0 fully saturated rings. The molecule has 0 unspecified atom stereocenters. The summed E-state index contributed by atoms with van der Waals surface area (Å²) in [4.78, 5) is 12.6. The maximum absolute atomic E-state index is 12.9. The zero-order valence-electron chi connectivity index (χ0n) is 6.97. The largest absolute Gasteiger partial charge is 0.491 e. The van der Waals surface area contributed by atoms with Gasteiger partial charge in [-0.3, -0.25) is 0 Å². The fraction of sp³-hybridized carbons (Fsp3) is 0.125. The number of halogens is 3. The third-order valence-electron chi connectivity index (χ3n) is 1.47. The van der Waals surface area contributed by atoms with Crippen LogP contribution < -0.4 is 4.74 Å². The van der Waals surface area contributed by atoms with E-state index < -0.39 is 28.9 Å². The van der Waals surface area contributed by atoms with Gasteiger partial charge >= 0.3 is 0 Å². The first-order chi connectivity index (χ1) is 6.61. The van der Waals surface area contributed by atoms with Gasteiger partial charge in [0.05, 0.1) is 7.11 Å². The van der Waals surface area contributed by atoms with Gasteiger partial charge in [0.15, 0.2) is 17.4 Å². The molecule has 0 radical (unpaired) electrons. The van der Waals surface area contributed by atoms with Crippen LogP contribution >= 0.6 is 0 Å². The highest BCUT2D eigenvalue weighted by atomic mass is 19.2. The van der Waals surface area contributed by atoms with Crippen molar-refractivity contribution in [3.63, 3.8) is 0 Å². The molecule has 0 saturated heterocycles. The van der Waals surface area contributed by atoms with Gasteiger partial charge in [-0.25, -0.2) is 13.6 Å². The highest BCUT2D eigenvalue weighted by molar-refractivity contribution is 5.52. The van der Waals surface area contributed by atoms with Crippen molar-refractivity contribution in [1.29, 1.82) is 0 Å². The van der Waals surface area contributed by atoms with Crippen LogP contribution in [0.15, 0.2) is 11.1 Å². The second kappa shape index (κ2) is 3.93. The summed E-state index contributed by atoms with van der Waals surface area (Å²) < 4.78 is 43.0. The lowest BCUT2D eigenvalue weighted by Gasteiger charge is -2.04. The van der Waals surface area contributed by atoms with E-state index in [4.69, 9.17) is 0 Å². The number of hydrogen-bond donors (Lipinski definition) is 0. The average molecular weight is 203 g/mol. The van der Waals surface area contributed by atoms with Gasteiger partial charge in [0.25, 0.3) is 0 Å². The van der Waals surface area contributed by atoms with Gasteiger partial charge in [-0.05, 0) is 0 Å². The minimum Gasteiger partial charge on any atom is -0.491 e. The van der Waals surface area contributed by atoms with Crippen LogP contribution in [0, 0.1) is 17.5 Å². The number of methoxy groups -OCH3 is 1. The molecular formula is C8H4F3NO2. The van der Waals surface area contributed by atoms with Crippen molar-refractivity contribution in [1.82, 2.24) is 0 Å². The summed E-state index contributed by atoms with van der Waals surface area (Å²) in [5, 5.41) is 0. The lowest BCUT2D eigenvalue weighted by molar-refractivity contribution is 0.347. The average Bonchev–Trinajstić information content (AvgIpc) is 2.15. The van der Waals surface area contributed by atoms with Crippen LogP contribution in [0.5, 0.6) is 5.75 Å². The molecule has 0 saturated carbocycles. The lowest BCUT2D eigenvalue weighted by Crippen LogP contribution is -1.96. The summed E-state index contributed by atoms with van der Waals surface area (Å²) in [7, 11) is 0.990. The molecule has 1 rings (SSSR count). The number of hydrogen-bond acceptors (Lipinski definition) is 3. The minimum absolute atomic E-state index is 0.544. The maximum Gasteiger partial charge on any atom is 0.240 e. The van der Waals surface area contributed by atoms with Gasteiger partial charge in [-0.15, -0.1) is 0 Å². The number of carbonyl (C=O) groups excluding carboxylic acids is 1. The van der Waals surface area contributed by atoms with Crippen molar-refractivity contribution in [3.05, 3.63) is 23.5 Å². The van der Waals surface area contributed by atoms with Crippen LogP contribution in [0.4, 0.5) is 18.9 Å². The van der Waals surface area contributed by atoms with E-state index in [0.717, 1.165) is 13.2 Å². The number of benzene rings is 1. The van der Waals surface area contributed by atoms with E-state index in [0.29, 0.717) is 6.07 Å². The van der Waals surface area contributed by atoms with Crippen molar-refractivity contribution in [2.45, 2.75) is 0 Å². The summed E-state index contributed by atoms with van der Waals surface area (Å²) in [6.45, 7) is 0. The smallest absolute Gasteiger partial charge is 0.240 e. The fourth-order valence-electron chi connectivity index (χ4n) is 0.884. The number of rotatable bonds is 2. The quantitative estimate of drug-likeness (QED) is 0.419. The molecular weight excluding hydrogens is 199 g/mol. The van der Waals surface area contributed by atoms with Crippen LogP contribution in [0.3, 0.4) is 0 Å². The lowest BCUT2D eigenvalue weighted by atomic mass is 10.2. The minimum atomic E-state index is -1.53. The Morgan fingerprint density at radius 2 is 2.00 bits per heavy atom. The molecule has 1 aromatic rings. The molecule has 3 nitrogen and oxygen atoms in total. The molecule has 0 aliphatic heterocycles. The molecule has 0 amide bonds. The molecule has 0 aliphatic carbocycles. The van der Waals surface area contributed by atoms with Crippen LogP contribution in [0.2, 0.25) is 0 Å². The Balaban J connectivity index is 3.47. The molecule has 6 heteroatoms. The fourth-order valence-corrected chi connectivity index (χ4v) is 0.884. The van der Waals surface area contributed by atoms with Crippen molar-refractivity contribution >= 4 is 11.8 Å². The van der Waals surface area contributed by atoms with E-state index in [-0.39, 0.29) is 0 Å². The van der Waals surface area contributed by atoms with E-state index in [1.54, 1.807) is 0 Å². The molecule has 74 valence electrons. The summed E-state index contributed by atoms with van der Waals surface area (Å²) in [5.74, 6) is -4.97. The van der Waals surface area contributed by atoms with Crippen molar-refractivity contribution in [3.8, 4) is 5.75 Å². The zero-order chi connectivity index (χ0) is 10.7. The Morgan fingerprint density at radius 3 is 2.50 bits per heavy atom. The highest BCUT2D eigenvalue weighted by Gasteiger charge is 2.19. The van der Waals surface area contributed by atoms with E-state index in [1.165, 1.54) is 0 Å². The number of nitrogens with zero attached hydrogens (tertiary/aromatic N) is 1. The second-order valence-electron chi connectivity index (χ2n) is 2.24. The first-order valence-corrected chi connectivity index (χ1v) is 3.41. The number of aliphatic imine (C=N–C) groups is 1. The molecule has 0 aliphatic rings. The Hall–Kier alpha value is -1.81. The van der Waals surface area contributed by atoms with Gasteiger partial charge in [-0.2, -0.15) is 9.38 Å². The third-order valence-corrected chi connectivity index (χ3v) is 1.47. The summed E-state index contributed by atoms with van der Waals surface area (Å²) in [6, 6.07) is 0.544. The molecule has 0 atom stereocenters. The van der Waals surface area contributed by atoms with Crippen molar-refractivity contribution < 1.29 is 22.7 Å². The molecule has 0 bridgehead atoms. The van der Waals surface area contributed by atoms with Crippen LogP contribution in [-0.2, 0) is 4.79 Å². The standard InChI is InChI=1S/C8H4F3NO2/c1-14-8-4(9)2-5(12-3-13)6(10)7(8)11/h2H,1H3. The topological polar surface area (TPSA) is 38.7 Å². The van der Waals surface area contributed by atoms with Crippen LogP contribution in [-0.4, -0.2) is 13.2 Å². The van der Waals surface area contributed by atoms with E-state index in [1.807, 2.05) is 0 Å². The Bertz CT molecular complexity index is 414. The number of isocyanates is 1. The number of ether oxygens (including phenoxy) is 1. The van der Waals surface area contributed by atoms with Crippen molar-refractivity contribution in [2.75, 3.05) is 7.11 Å². The maximum atomic E-state index is 12.9. The molecule has 0 heterocycles.